The number of hydrogen-bond donors (Lipinski definition) is 1. The van der Waals surface area contributed by atoms with E-state index < -0.39 is 0 Å². The molecule has 3 rings (SSSR count). The van der Waals surface area contributed by atoms with E-state index in [-0.39, 0.29) is 0 Å². The number of benzene rings is 2. The Balaban J connectivity index is 1.53. The van der Waals surface area contributed by atoms with Crippen molar-refractivity contribution in [2.24, 2.45) is 5.10 Å². The average Bonchev–Trinajstić information content (AvgIpc) is 3.00. The maximum Gasteiger partial charge on any atom is 0.203 e. The van der Waals surface area contributed by atoms with Crippen LogP contribution in [0.25, 0.3) is 0 Å². The fraction of sp³-hybridized carbons (Fsp3) is 0.111. The van der Waals surface area contributed by atoms with Gasteiger partial charge in [-0.2, -0.15) is 5.10 Å². The molecule has 0 unspecified atom stereocenters. The number of aromatic nitrogens is 1. The molecule has 6 heteroatoms. The van der Waals surface area contributed by atoms with Crippen LogP contribution in [0.15, 0.2) is 59.0 Å². The number of rotatable bonds is 6. The largest absolute Gasteiger partial charge is 0.489 e. The van der Waals surface area contributed by atoms with E-state index in [1.165, 1.54) is 11.3 Å². The molecule has 0 radical (unpaired) electrons. The van der Waals surface area contributed by atoms with Gasteiger partial charge in [0.2, 0.25) is 5.13 Å². The Labute approximate surface area is 149 Å². The molecule has 0 saturated carbocycles. The normalized spacial score (nSPS) is 10.9. The maximum atomic E-state index is 5.96. The Kier molecular flexibility index (Phi) is 5.46. The molecule has 0 fully saturated rings. The Morgan fingerprint density at radius 2 is 2.08 bits per heavy atom. The van der Waals surface area contributed by atoms with Crippen molar-refractivity contribution in [1.82, 2.24) is 4.98 Å². The first-order chi connectivity index (χ1) is 11.7. The Hall–Kier alpha value is -2.37. The van der Waals surface area contributed by atoms with Gasteiger partial charge in [0, 0.05) is 10.4 Å². The summed E-state index contributed by atoms with van der Waals surface area (Å²) >= 11 is 7.49. The standard InChI is InChI=1S/C18H16ClN3OS/c1-13-12-24-18(21-13)22-20-10-14-5-7-17(8-6-14)23-11-15-3-2-4-16(19)9-15/h2-10,12H,11H2,1H3,(H,21,22). The van der Waals surface area contributed by atoms with E-state index in [2.05, 4.69) is 15.5 Å². The van der Waals surface area contributed by atoms with Crippen LogP contribution in [0, 0.1) is 6.92 Å². The molecule has 122 valence electrons. The number of nitrogens with one attached hydrogen (secondary N) is 1. The highest BCUT2D eigenvalue weighted by Crippen LogP contribution is 2.16. The average molecular weight is 358 g/mol. The van der Waals surface area contributed by atoms with E-state index in [4.69, 9.17) is 16.3 Å². The second kappa shape index (κ2) is 7.95. The van der Waals surface area contributed by atoms with Crippen LogP contribution in [0.4, 0.5) is 5.13 Å². The summed E-state index contributed by atoms with van der Waals surface area (Å²) in [5, 5.41) is 7.65. The van der Waals surface area contributed by atoms with Gasteiger partial charge in [0.1, 0.15) is 12.4 Å². The quantitative estimate of drug-likeness (QED) is 0.491. The smallest absolute Gasteiger partial charge is 0.203 e. The monoisotopic (exact) mass is 357 g/mol. The number of aryl methyl sites for hydroxylation is 1. The maximum absolute atomic E-state index is 5.96. The van der Waals surface area contributed by atoms with Crippen LogP contribution in [0.3, 0.4) is 0 Å². The van der Waals surface area contributed by atoms with E-state index >= 15 is 0 Å². The lowest BCUT2D eigenvalue weighted by atomic mass is 10.2. The summed E-state index contributed by atoms with van der Waals surface area (Å²) in [6, 6.07) is 15.4. The highest BCUT2D eigenvalue weighted by Gasteiger charge is 1.98. The first kappa shape index (κ1) is 16.5. The molecule has 2 aromatic carbocycles. The summed E-state index contributed by atoms with van der Waals surface area (Å²) in [6.07, 6.45) is 1.75. The second-order valence-electron chi connectivity index (χ2n) is 5.15. The highest BCUT2D eigenvalue weighted by molar-refractivity contribution is 7.13. The van der Waals surface area contributed by atoms with Crippen LogP contribution in [-0.2, 0) is 6.61 Å². The molecule has 0 aliphatic heterocycles. The van der Waals surface area contributed by atoms with Gasteiger partial charge in [-0.1, -0.05) is 23.7 Å². The molecule has 3 aromatic rings. The lowest BCUT2D eigenvalue weighted by Crippen LogP contribution is -1.95. The van der Waals surface area contributed by atoms with Gasteiger partial charge >= 0.3 is 0 Å². The van der Waals surface area contributed by atoms with Crippen LogP contribution in [0.2, 0.25) is 5.02 Å². The fourth-order valence-corrected chi connectivity index (χ4v) is 2.86. The first-order valence-corrected chi connectivity index (χ1v) is 8.63. The van der Waals surface area contributed by atoms with E-state index in [9.17, 15) is 0 Å². The lowest BCUT2D eigenvalue weighted by molar-refractivity contribution is 0.306. The molecular formula is C18H16ClN3OS. The Bertz CT molecular complexity index is 830. The van der Waals surface area contributed by atoms with E-state index in [1.807, 2.05) is 60.8 Å². The zero-order valence-corrected chi connectivity index (χ0v) is 14.6. The first-order valence-electron chi connectivity index (χ1n) is 7.37. The van der Waals surface area contributed by atoms with E-state index in [0.717, 1.165) is 27.7 Å². The molecule has 0 amide bonds. The molecular weight excluding hydrogens is 342 g/mol. The lowest BCUT2D eigenvalue weighted by Gasteiger charge is -2.06. The molecule has 1 aromatic heterocycles. The molecule has 0 aliphatic rings. The summed E-state index contributed by atoms with van der Waals surface area (Å²) in [7, 11) is 0. The van der Waals surface area contributed by atoms with Gasteiger partial charge in [-0.3, -0.25) is 5.43 Å². The third-order valence-electron chi connectivity index (χ3n) is 3.17. The van der Waals surface area contributed by atoms with Crippen LogP contribution in [-0.4, -0.2) is 11.2 Å². The van der Waals surface area contributed by atoms with Crippen molar-refractivity contribution in [1.29, 1.82) is 0 Å². The molecule has 1 N–H and O–H groups in total. The third kappa shape index (κ3) is 4.81. The number of thiazole rings is 1. The van der Waals surface area contributed by atoms with Crippen LogP contribution in [0.1, 0.15) is 16.8 Å². The van der Waals surface area contributed by atoms with Crippen molar-refractivity contribution in [3.05, 3.63) is 75.8 Å². The second-order valence-corrected chi connectivity index (χ2v) is 6.45. The van der Waals surface area contributed by atoms with Crippen LogP contribution >= 0.6 is 22.9 Å². The molecule has 1 heterocycles. The van der Waals surface area contributed by atoms with Gasteiger partial charge in [-0.25, -0.2) is 4.98 Å². The third-order valence-corrected chi connectivity index (χ3v) is 4.27. The summed E-state index contributed by atoms with van der Waals surface area (Å²) in [5.41, 5.74) is 5.91. The number of halogens is 1. The topological polar surface area (TPSA) is 46.5 Å². The zero-order valence-electron chi connectivity index (χ0n) is 13.1. The van der Waals surface area contributed by atoms with Gasteiger partial charge < -0.3 is 4.74 Å². The van der Waals surface area contributed by atoms with Gasteiger partial charge in [-0.05, 0) is 54.4 Å². The van der Waals surface area contributed by atoms with Crippen molar-refractivity contribution in [3.63, 3.8) is 0 Å². The molecule has 0 spiro atoms. The molecule has 4 nitrogen and oxygen atoms in total. The number of nitrogens with zero attached hydrogens (tertiary/aromatic N) is 2. The Morgan fingerprint density at radius 3 is 2.79 bits per heavy atom. The molecule has 0 aliphatic carbocycles. The predicted molar refractivity (Wildman–Crippen MR) is 100 cm³/mol. The van der Waals surface area contributed by atoms with Gasteiger partial charge in [0.05, 0.1) is 11.9 Å². The van der Waals surface area contributed by atoms with Crippen molar-refractivity contribution in [3.8, 4) is 5.75 Å². The molecule has 0 bridgehead atoms. The summed E-state index contributed by atoms with van der Waals surface area (Å²) < 4.78 is 5.75. The number of ether oxygens (including phenoxy) is 1. The van der Waals surface area contributed by atoms with Crippen LogP contribution < -0.4 is 10.2 Å². The van der Waals surface area contributed by atoms with Gasteiger partial charge in [-0.15, -0.1) is 11.3 Å². The predicted octanol–water partition coefficient (Wildman–Crippen LogP) is 5.13. The van der Waals surface area contributed by atoms with E-state index in [1.54, 1.807) is 6.21 Å². The SMILES string of the molecule is Cc1csc(NN=Cc2ccc(OCc3cccc(Cl)c3)cc2)n1. The van der Waals surface area contributed by atoms with Crippen molar-refractivity contribution < 1.29 is 4.74 Å². The molecule has 0 atom stereocenters. The summed E-state index contributed by atoms with van der Waals surface area (Å²) in [4.78, 5) is 4.28. The van der Waals surface area contributed by atoms with Crippen molar-refractivity contribution >= 4 is 34.3 Å². The van der Waals surface area contributed by atoms with Gasteiger partial charge in [0.15, 0.2) is 0 Å². The highest BCUT2D eigenvalue weighted by atomic mass is 35.5. The Morgan fingerprint density at radius 1 is 1.25 bits per heavy atom. The minimum absolute atomic E-state index is 0.485. The van der Waals surface area contributed by atoms with Gasteiger partial charge in [0.25, 0.3) is 0 Å². The summed E-state index contributed by atoms with van der Waals surface area (Å²) in [6.45, 7) is 2.44. The zero-order chi connectivity index (χ0) is 16.8. The number of hydrazone groups is 1. The molecule has 24 heavy (non-hydrogen) atoms. The number of hydrogen-bond acceptors (Lipinski definition) is 5. The van der Waals surface area contributed by atoms with Crippen LogP contribution in [0.5, 0.6) is 5.75 Å². The van der Waals surface area contributed by atoms with Crippen molar-refractivity contribution in [2.75, 3.05) is 5.43 Å². The minimum Gasteiger partial charge on any atom is -0.489 e. The fourth-order valence-electron chi connectivity index (χ4n) is 2.01. The minimum atomic E-state index is 0.485. The summed E-state index contributed by atoms with van der Waals surface area (Å²) in [5.74, 6) is 0.802. The van der Waals surface area contributed by atoms with Crippen molar-refractivity contribution in [2.45, 2.75) is 13.5 Å². The van der Waals surface area contributed by atoms with E-state index in [0.29, 0.717) is 11.6 Å². The molecule has 0 saturated heterocycles. The number of anilines is 1.